The number of benzene rings is 3. The molecule has 1 aliphatic rings. The second kappa shape index (κ2) is 10.9. The van der Waals surface area contributed by atoms with Gasteiger partial charge in [0.1, 0.15) is 0 Å². The Balaban J connectivity index is 1.25. The molecule has 1 atom stereocenters. The topological polar surface area (TPSA) is 66.2 Å². The first-order valence-corrected chi connectivity index (χ1v) is 13.9. The van der Waals surface area contributed by atoms with Crippen molar-refractivity contribution in [2.24, 2.45) is 0 Å². The molecule has 194 valence electrons. The summed E-state index contributed by atoms with van der Waals surface area (Å²) in [4.78, 5) is 11.9. The number of hydrogen-bond donors (Lipinski definition) is 0. The average Bonchev–Trinajstić information content (AvgIpc) is 3.61. The molecular formula is C29H32N8S. The van der Waals surface area contributed by atoms with Gasteiger partial charge in [0.05, 0.1) is 16.3 Å². The number of para-hydroxylation sites is 1. The van der Waals surface area contributed by atoms with Crippen LogP contribution in [-0.4, -0.2) is 70.4 Å². The molecular weight excluding hydrogens is 492 g/mol. The first kappa shape index (κ1) is 24.5. The van der Waals surface area contributed by atoms with E-state index in [-0.39, 0.29) is 6.04 Å². The third-order valence-electron chi connectivity index (χ3n) is 7.22. The van der Waals surface area contributed by atoms with Crippen molar-refractivity contribution < 1.29 is 0 Å². The molecule has 1 aliphatic heterocycles. The number of anilines is 2. The minimum atomic E-state index is -0.0190. The molecule has 9 heteroatoms. The summed E-state index contributed by atoms with van der Waals surface area (Å²) >= 11 is 1.77. The fraction of sp³-hybridized carbons (Fsp3) is 0.310. The molecule has 0 unspecified atom stereocenters. The van der Waals surface area contributed by atoms with Crippen LogP contribution in [0.2, 0.25) is 0 Å². The van der Waals surface area contributed by atoms with Crippen molar-refractivity contribution in [3.8, 4) is 0 Å². The Kier molecular flexibility index (Phi) is 7.02. The van der Waals surface area contributed by atoms with Gasteiger partial charge < -0.3 is 9.80 Å². The van der Waals surface area contributed by atoms with Crippen molar-refractivity contribution in [1.82, 2.24) is 30.1 Å². The van der Waals surface area contributed by atoms with Crippen molar-refractivity contribution in [2.75, 3.05) is 50.1 Å². The van der Waals surface area contributed by atoms with Gasteiger partial charge in [0, 0.05) is 52.5 Å². The van der Waals surface area contributed by atoms with Gasteiger partial charge in [-0.05, 0) is 52.2 Å². The van der Waals surface area contributed by atoms with E-state index >= 15 is 0 Å². The number of nitrogens with zero attached hydrogens (tertiary/aromatic N) is 8. The molecule has 8 nitrogen and oxygen atoms in total. The molecule has 0 radical (unpaired) electrons. The molecule has 0 aliphatic carbocycles. The second-order valence-corrected chi connectivity index (χ2v) is 10.9. The van der Waals surface area contributed by atoms with Crippen molar-refractivity contribution in [1.29, 1.82) is 0 Å². The van der Waals surface area contributed by atoms with Crippen LogP contribution in [0.4, 0.5) is 10.8 Å². The van der Waals surface area contributed by atoms with Crippen LogP contribution >= 0.6 is 11.3 Å². The van der Waals surface area contributed by atoms with Crippen LogP contribution in [0.3, 0.4) is 0 Å². The highest BCUT2D eigenvalue weighted by molar-refractivity contribution is 7.22. The summed E-state index contributed by atoms with van der Waals surface area (Å²) in [7, 11) is 4.13. The fourth-order valence-corrected chi connectivity index (χ4v) is 6.11. The van der Waals surface area contributed by atoms with Gasteiger partial charge >= 0.3 is 0 Å². The number of aromatic nitrogens is 5. The molecule has 0 bridgehead atoms. The minimum Gasteiger partial charge on any atom is -0.378 e. The largest absolute Gasteiger partial charge is 0.378 e. The molecule has 3 heterocycles. The Morgan fingerprint density at radius 3 is 2.34 bits per heavy atom. The number of fused-ring (bicyclic) bond motifs is 1. The molecule has 1 fully saturated rings. The van der Waals surface area contributed by atoms with E-state index in [9.17, 15) is 0 Å². The summed E-state index contributed by atoms with van der Waals surface area (Å²) in [6, 6.07) is 27.7. The van der Waals surface area contributed by atoms with E-state index in [1.807, 2.05) is 10.7 Å². The van der Waals surface area contributed by atoms with Gasteiger partial charge in [0.2, 0.25) is 0 Å². The van der Waals surface area contributed by atoms with Gasteiger partial charge in [0.25, 0.3) is 0 Å². The van der Waals surface area contributed by atoms with Crippen LogP contribution in [0.25, 0.3) is 10.2 Å². The highest BCUT2D eigenvalue weighted by atomic mass is 32.1. The third kappa shape index (κ3) is 5.12. The zero-order valence-corrected chi connectivity index (χ0v) is 22.6. The Morgan fingerprint density at radius 1 is 0.868 bits per heavy atom. The van der Waals surface area contributed by atoms with Gasteiger partial charge in [-0.1, -0.05) is 65.9 Å². The van der Waals surface area contributed by atoms with Crippen LogP contribution in [0.15, 0.2) is 78.9 Å². The average molecular weight is 525 g/mol. The lowest BCUT2D eigenvalue weighted by Crippen LogP contribution is -2.48. The zero-order chi connectivity index (χ0) is 25.9. The number of thiazole rings is 1. The molecule has 0 N–H and O–H groups in total. The Bertz CT molecular complexity index is 1440. The van der Waals surface area contributed by atoms with Crippen LogP contribution in [0.1, 0.15) is 23.0 Å². The summed E-state index contributed by atoms with van der Waals surface area (Å²) in [6.07, 6.45) is 0.885. The maximum atomic E-state index is 4.89. The maximum Gasteiger partial charge on any atom is 0.186 e. The number of aryl methyl sites for hydroxylation is 2. The molecule has 38 heavy (non-hydrogen) atoms. The smallest absolute Gasteiger partial charge is 0.186 e. The van der Waals surface area contributed by atoms with Gasteiger partial charge in [-0.3, -0.25) is 4.90 Å². The predicted octanol–water partition coefficient (Wildman–Crippen LogP) is 4.50. The van der Waals surface area contributed by atoms with Crippen LogP contribution in [0, 0.1) is 0 Å². The van der Waals surface area contributed by atoms with Crippen molar-refractivity contribution in [2.45, 2.75) is 19.0 Å². The molecule has 6 rings (SSSR count). The number of rotatable bonds is 8. The lowest BCUT2D eigenvalue weighted by atomic mass is 10.0. The highest BCUT2D eigenvalue weighted by Gasteiger charge is 2.31. The molecule has 0 spiro atoms. The lowest BCUT2D eigenvalue weighted by molar-refractivity contribution is 0.200. The second-order valence-electron chi connectivity index (χ2n) is 9.87. The van der Waals surface area contributed by atoms with Gasteiger partial charge in [-0.15, -0.1) is 5.10 Å². The Morgan fingerprint density at radius 2 is 1.61 bits per heavy atom. The first-order chi connectivity index (χ1) is 18.7. The SMILES string of the molecule is CN(C)c1ccc([C@H](c2nnnn2CCc2ccccc2)N2CCN(c3nc4ccccc4s3)CC2)cc1. The van der Waals surface area contributed by atoms with Gasteiger partial charge in [-0.2, -0.15) is 0 Å². The summed E-state index contributed by atoms with van der Waals surface area (Å²) in [6.45, 7) is 4.38. The van der Waals surface area contributed by atoms with Gasteiger partial charge in [0.15, 0.2) is 11.0 Å². The summed E-state index contributed by atoms with van der Waals surface area (Å²) in [5, 5.41) is 14.2. The molecule has 5 aromatic rings. The maximum absolute atomic E-state index is 4.89. The van der Waals surface area contributed by atoms with Crippen LogP contribution in [0.5, 0.6) is 0 Å². The third-order valence-corrected chi connectivity index (χ3v) is 8.31. The summed E-state index contributed by atoms with van der Waals surface area (Å²) in [5.41, 5.74) is 4.74. The molecule has 0 saturated carbocycles. The summed E-state index contributed by atoms with van der Waals surface area (Å²) < 4.78 is 3.22. The predicted molar refractivity (Wildman–Crippen MR) is 154 cm³/mol. The van der Waals surface area contributed by atoms with E-state index < -0.39 is 0 Å². The normalized spacial score (nSPS) is 15.2. The van der Waals surface area contributed by atoms with E-state index in [1.54, 1.807) is 11.3 Å². The highest BCUT2D eigenvalue weighted by Crippen LogP contribution is 2.33. The monoisotopic (exact) mass is 524 g/mol. The van der Waals surface area contributed by atoms with E-state index in [0.717, 1.165) is 55.6 Å². The Hall–Kier alpha value is -3.82. The fourth-order valence-electron chi connectivity index (χ4n) is 5.09. The van der Waals surface area contributed by atoms with Crippen molar-refractivity contribution >= 4 is 32.4 Å². The van der Waals surface area contributed by atoms with Crippen LogP contribution < -0.4 is 9.80 Å². The molecule has 1 saturated heterocycles. The summed E-state index contributed by atoms with van der Waals surface area (Å²) in [5.74, 6) is 0.895. The zero-order valence-electron chi connectivity index (χ0n) is 21.8. The van der Waals surface area contributed by atoms with E-state index in [0.29, 0.717) is 0 Å². The number of hydrogen-bond acceptors (Lipinski definition) is 8. The van der Waals surface area contributed by atoms with E-state index in [4.69, 9.17) is 4.98 Å². The first-order valence-electron chi connectivity index (χ1n) is 13.1. The van der Waals surface area contributed by atoms with Crippen molar-refractivity contribution in [3.05, 3.63) is 95.8 Å². The van der Waals surface area contributed by atoms with Crippen molar-refractivity contribution in [3.63, 3.8) is 0 Å². The quantitative estimate of drug-likeness (QED) is 0.296. The van der Waals surface area contributed by atoms with E-state index in [1.165, 1.54) is 21.5 Å². The lowest BCUT2D eigenvalue weighted by Gasteiger charge is -2.39. The van der Waals surface area contributed by atoms with Crippen LogP contribution in [-0.2, 0) is 13.0 Å². The number of piperazine rings is 1. The molecule has 0 amide bonds. The molecule has 2 aromatic heterocycles. The molecule has 3 aromatic carbocycles. The van der Waals surface area contributed by atoms with E-state index in [2.05, 4.69) is 117 Å². The Labute approximate surface area is 227 Å². The standard InChI is InChI=1S/C29H32N8S/c1-34(2)24-14-12-23(13-15-24)27(28-31-32-33-37(28)17-16-22-8-4-3-5-9-22)35-18-20-36(21-19-35)29-30-25-10-6-7-11-26(25)38-29/h3-15,27H,16-21H2,1-2H3/t27-/m1/s1. The number of tetrazole rings is 1. The minimum absolute atomic E-state index is 0.0190. The van der Waals surface area contributed by atoms with Gasteiger partial charge in [-0.25, -0.2) is 9.67 Å².